The molecule has 0 radical (unpaired) electrons. The van der Waals surface area contributed by atoms with Crippen molar-refractivity contribution in [3.05, 3.63) is 41.6 Å². The SMILES string of the molecule is C=C1CCC(N2Cc3cc(O[C@@H]4CCCCC[C@@H]4N(CC)CC)ccc3C2=O)C(=O)N1. The number of amides is 2. The minimum absolute atomic E-state index is 0.0651. The molecule has 31 heavy (non-hydrogen) atoms. The van der Waals surface area contributed by atoms with Gasteiger partial charge in [-0.25, -0.2) is 0 Å². The van der Waals surface area contributed by atoms with Gasteiger partial charge in [0.25, 0.3) is 5.91 Å². The Bertz CT molecular complexity index is 848. The number of nitrogens with zero attached hydrogens (tertiary/aromatic N) is 2. The first-order valence-electron chi connectivity index (χ1n) is 11.8. The van der Waals surface area contributed by atoms with Gasteiger partial charge in [0, 0.05) is 23.8 Å². The van der Waals surface area contributed by atoms with Gasteiger partial charge in [-0.15, -0.1) is 0 Å². The number of likely N-dealkylation sites (N-methyl/N-ethyl adjacent to an activating group) is 1. The number of fused-ring (bicyclic) bond motifs is 1. The van der Waals surface area contributed by atoms with E-state index in [1.54, 1.807) is 4.90 Å². The number of hydrogen-bond donors (Lipinski definition) is 1. The first-order chi connectivity index (χ1) is 15.0. The number of rotatable bonds is 6. The predicted octanol–water partition coefficient (Wildman–Crippen LogP) is 3.86. The van der Waals surface area contributed by atoms with E-state index < -0.39 is 6.04 Å². The van der Waals surface area contributed by atoms with Crippen LogP contribution in [0.25, 0.3) is 0 Å². The van der Waals surface area contributed by atoms with Crippen LogP contribution in [0.1, 0.15) is 74.7 Å². The number of carbonyl (C=O) groups excluding carboxylic acids is 2. The third-order valence-corrected chi connectivity index (χ3v) is 7.09. The lowest BCUT2D eigenvalue weighted by atomic mass is 10.0. The van der Waals surface area contributed by atoms with E-state index in [4.69, 9.17) is 4.74 Å². The van der Waals surface area contributed by atoms with Crippen LogP contribution >= 0.6 is 0 Å². The molecule has 6 heteroatoms. The largest absolute Gasteiger partial charge is 0.489 e. The molecular formula is C25H35N3O3. The zero-order valence-electron chi connectivity index (χ0n) is 18.9. The summed E-state index contributed by atoms with van der Waals surface area (Å²) in [4.78, 5) is 29.6. The average Bonchev–Trinajstić information content (AvgIpc) is 2.91. The van der Waals surface area contributed by atoms with Crippen molar-refractivity contribution in [2.45, 2.75) is 83.5 Å². The van der Waals surface area contributed by atoms with E-state index >= 15 is 0 Å². The molecule has 1 aliphatic carbocycles. The first kappa shape index (κ1) is 21.9. The van der Waals surface area contributed by atoms with Crippen LogP contribution in [0.3, 0.4) is 0 Å². The molecule has 1 unspecified atom stereocenters. The molecule has 2 heterocycles. The number of benzene rings is 1. The summed E-state index contributed by atoms with van der Waals surface area (Å²) in [5.41, 5.74) is 2.37. The minimum Gasteiger partial charge on any atom is -0.489 e. The van der Waals surface area contributed by atoms with E-state index in [0.29, 0.717) is 31.0 Å². The molecule has 168 valence electrons. The summed E-state index contributed by atoms with van der Waals surface area (Å²) in [6, 6.07) is 5.81. The van der Waals surface area contributed by atoms with Gasteiger partial charge in [0.15, 0.2) is 0 Å². The van der Waals surface area contributed by atoms with Crippen molar-refractivity contribution in [2.24, 2.45) is 0 Å². The van der Waals surface area contributed by atoms with Crippen molar-refractivity contribution < 1.29 is 14.3 Å². The van der Waals surface area contributed by atoms with Crippen LogP contribution in [-0.4, -0.2) is 52.9 Å². The summed E-state index contributed by atoms with van der Waals surface area (Å²) in [6.07, 6.45) is 7.46. The number of hydrogen-bond acceptors (Lipinski definition) is 4. The molecule has 0 spiro atoms. The molecule has 1 N–H and O–H groups in total. The van der Waals surface area contributed by atoms with E-state index in [0.717, 1.165) is 36.5 Å². The van der Waals surface area contributed by atoms with E-state index in [9.17, 15) is 9.59 Å². The highest BCUT2D eigenvalue weighted by molar-refractivity contribution is 6.01. The summed E-state index contributed by atoms with van der Waals surface area (Å²) in [5, 5.41) is 2.79. The van der Waals surface area contributed by atoms with Crippen LogP contribution in [0.15, 0.2) is 30.5 Å². The molecule has 2 aliphatic heterocycles. The molecule has 2 amide bonds. The maximum absolute atomic E-state index is 13.0. The van der Waals surface area contributed by atoms with Crippen LogP contribution in [0.4, 0.5) is 0 Å². The van der Waals surface area contributed by atoms with E-state index in [1.165, 1.54) is 25.7 Å². The Labute approximate surface area is 185 Å². The fourth-order valence-corrected chi connectivity index (χ4v) is 5.38. The molecule has 3 aliphatic rings. The molecule has 1 saturated carbocycles. The Balaban J connectivity index is 1.50. The topological polar surface area (TPSA) is 61.9 Å². The van der Waals surface area contributed by atoms with Gasteiger partial charge in [-0.05, 0) is 69.0 Å². The van der Waals surface area contributed by atoms with Crippen molar-refractivity contribution in [3.8, 4) is 5.75 Å². The van der Waals surface area contributed by atoms with Crippen LogP contribution < -0.4 is 10.1 Å². The third-order valence-electron chi connectivity index (χ3n) is 7.09. The van der Waals surface area contributed by atoms with Crippen molar-refractivity contribution in [1.29, 1.82) is 0 Å². The van der Waals surface area contributed by atoms with Gasteiger partial charge < -0.3 is 15.0 Å². The Morgan fingerprint density at radius 2 is 1.90 bits per heavy atom. The summed E-state index contributed by atoms with van der Waals surface area (Å²) >= 11 is 0. The van der Waals surface area contributed by atoms with Gasteiger partial charge in [0.2, 0.25) is 5.91 Å². The predicted molar refractivity (Wildman–Crippen MR) is 121 cm³/mol. The normalized spacial score (nSPS) is 26.6. The van der Waals surface area contributed by atoms with Crippen molar-refractivity contribution in [3.63, 3.8) is 0 Å². The lowest BCUT2D eigenvalue weighted by Gasteiger charge is -2.35. The monoisotopic (exact) mass is 425 g/mol. The van der Waals surface area contributed by atoms with E-state index in [2.05, 4.69) is 30.6 Å². The summed E-state index contributed by atoms with van der Waals surface area (Å²) in [5.74, 6) is 0.637. The molecule has 6 nitrogen and oxygen atoms in total. The van der Waals surface area contributed by atoms with Gasteiger partial charge in [-0.2, -0.15) is 0 Å². The lowest BCUT2D eigenvalue weighted by Crippen LogP contribution is -2.49. The molecule has 0 aromatic heterocycles. The average molecular weight is 426 g/mol. The summed E-state index contributed by atoms with van der Waals surface area (Å²) in [6.45, 7) is 10.8. The van der Waals surface area contributed by atoms with Gasteiger partial charge in [-0.3, -0.25) is 14.5 Å². The van der Waals surface area contributed by atoms with Crippen LogP contribution in [0.2, 0.25) is 0 Å². The number of carbonyl (C=O) groups is 2. The molecule has 1 aromatic carbocycles. The van der Waals surface area contributed by atoms with Crippen molar-refractivity contribution >= 4 is 11.8 Å². The third kappa shape index (κ3) is 4.49. The van der Waals surface area contributed by atoms with Gasteiger partial charge in [0.1, 0.15) is 17.9 Å². The standard InChI is InChI=1S/C25H35N3O3/c1-4-27(5-2)21-9-7-6-8-10-23(21)31-19-12-13-20-18(15-19)16-28(25(20)30)22-14-11-17(3)26-24(22)29/h12-13,15,21-23H,3-11,14,16H2,1-2H3,(H,26,29)/t21-,22?,23+/m0/s1. The Kier molecular flexibility index (Phi) is 6.65. The highest BCUT2D eigenvalue weighted by Crippen LogP contribution is 2.32. The minimum atomic E-state index is -0.427. The van der Waals surface area contributed by atoms with Gasteiger partial charge in [0.05, 0.1) is 0 Å². The molecule has 2 fully saturated rings. The molecule has 3 atom stereocenters. The second-order valence-electron chi connectivity index (χ2n) is 8.98. The highest BCUT2D eigenvalue weighted by Gasteiger charge is 2.38. The molecule has 0 bridgehead atoms. The number of piperidine rings is 1. The molecule has 1 aromatic rings. The number of ether oxygens (including phenoxy) is 1. The Hall–Kier alpha value is -2.34. The van der Waals surface area contributed by atoms with Crippen LogP contribution in [-0.2, 0) is 11.3 Å². The fraction of sp³-hybridized carbons (Fsp3) is 0.600. The zero-order chi connectivity index (χ0) is 22.0. The summed E-state index contributed by atoms with van der Waals surface area (Å²) < 4.78 is 6.55. The second-order valence-corrected chi connectivity index (χ2v) is 8.98. The zero-order valence-corrected chi connectivity index (χ0v) is 18.9. The first-order valence-corrected chi connectivity index (χ1v) is 11.8. The molecule has 4 rings (SSSR count). The Morgan fingerprint density at radius 3 is 2.65 bits per heavy atom. The quantitative estimate of drug-likeness (QED) is 0.703. The molecule has 1 saturated heterocycles. The second kappa shape index (κ2) is 9.43. The van der Waals surface area contributed by atoms with Gasteiger partial charge in [-0.1, -0.05) is 33.3 Å². The maximum atomic E-state index is 13.0. The van der Waals surface area contributed by atoms with E-state index in [-0.39, 0.29) is 17.9 Å². The maximum Gasteiger partial charge on any atom is 0.255 e. The van der Waals surface area contributed by atoms with Crippen molar-refractivity contribution in [1.82, 2.24) is 15.1 Å². The van der Waals surface area contributed by atoms with Crippen molar-refractivity contribution in [2.75, 3.05) is 13.1 Å². The number of allylic oxidation sites excluding steroid dienone is 1. The van der Waals surface area contributed by atoms with E-state index in [1.807, 2.05) is 18.2 Å². The highest BCUT2D eigenvalue weighted by atomic mass is 16.5. The fourth-order valence-electron chi connectivity index (χ4n) is 5.38. The van der Waals surface area contributed by atoms with Crippen LogP contribution in [0.5, 0.6) is 5.75 Å². The van der Waals surface area contributed by atoms with Gasteiger partial charge >= 0.3 is 0 Å². The molecular weight excluding hydrogens is 390 g/mol. The smallest absolute Gasteiger partial charge is 0.255 e. The number of nitrogens with one attached hydrogen (secondary N) is 1. The summed E-state index contributed by atoms with van der Waals surface area (Å²) in [7, 11) is 0. The Morgan fingerprint density at radius 1 is 1.13 bits per heavy atom. The lowest BCUT2D eigenvalue weighted by molar-refractivity contribution is -0.126. The van der Waals surface area contributed by atoms with Crippen LogP contribution in [0, 0.1) is 0 Å².